The van der Waals surface area contributed by atoms with Gasteiger partial charge < -0.3 is 10.0 Å². The molecule has 35 heavy (non-hydrogen) atoms. The lowest BCUT2D eigenvalue weighted by atomic mass is 9.62. The Morgan fingerprint density at radius 1 is 0.914 bits per heavy atom. The molecule has 0 bridgehead atoms. The number of carboxylic acid groups (broad SMARTS) is 1. The van der Waals surface area contributed by atoms with Crippen molar-refractivity contribution in [3.63, 3.8) is 0 Å². The summed E-state index contributed by atoms with van der Waals surface area (Å²) in [5, 5.41) is 9.41. The van der Waals surface area contributed by atoms with Crippen LogP contribution >= 0.6 is 0 Å². The maximum absolute atomic E-state index is 11.5. The lowest BCUT2D eigenvalue weighted by molar-refractivity contribution is 0.0697. The predicted molar refractivity (Wildman–Crippen MR) is 144 cm³/mol. The van der Waals surface area contributed by atoms with Crippen molar-refractivity contribution in [2.75, 3.05) is 11.4 Å². The van der Waals surface area contributed by atoms with E-state index in [1.54, 1.807) is 12.1 Å². The molecule has 0 aromatic heterocycles. The highest BCUT2D eigenvalue weighted by molar-refractivity contribution is 6.19. The zero-order valence-electron chi connectivity index (χ0n) is 21.4. The van der Waals surface area contributed by atoms with E-state index in [1.165, 1.54) is 16.8 Å². The Labute approximate surface area is 208 Å². The summed E-state index contributed by atoms with van der Waals surface area (Å²) in [6.07, 6.45) is 3.32. The summed E-state index contributed by atoms with van der Waals surface area (Å²) in [6, 6.07) is 20.3. The van der Waals surface area contributed by atoms with Crippen molar-refractivity contribution >= 4 is 28.7 Å². The van der Waals surface area contributed by atoms with Crippen molar-refractivity contribution in [2.24, 2.45) is 4.99 Å². The van der Waals surface area contributed by atoms with Crippen LogP contribution in [0.1, 0.15) is 86.5 Å². The van der Waals surface area contributed by atoms with Gasteiger partial charge in [0, 0.05) is 17.7 Å². The largest absolute Gasteiger partial charge is 0.478 e. The van der Waals surface area contributed by atoms with Crippen molar-refractivity contribution < 1.29 is 9.90 Å². The van der Waals surface area contributed by atoms with Gasteiger partial charge in [0.1, 0.15) is 0 Å². The molecule has 0 spiro atoms. The third-order valence-electron chi connectivity index (χ3n) is 7.77. The van der Waals surface area contributed by atoms with Crippen LogP contribution in [0.15, 0.2) is 65.7 Å². The summed E-state index contributed by atoms with van der Waals surface area (Å²) >= 11 is 0. The van der Waals surface area contributed by atoms with Gasteiger partial charge in [0.15, 0.2) is 0 Å². The molecule has 0 unspecified atom stereocenters. The van der Waals surface area contributed by atoms with Gasteiger partial charge in [-0.15, -0.1) is 0 Å². The number of nitrogens with zero attached hydrogens (tertiary/aromatic N) is 2. The lowest BCUT2D eigenvalue weighted by Gasteiger charge is -2.43. The average Bonchev–Trinajstić information content (AvgIpc) is 2.97. The summed E-state index contributed by atoms with van der Waals surface area (Å²) in [5.74, 6) is -0.919. The molecule has 180 valence electrons. The second kappa shape index (κ2) is 8.37. The Kier molecular flexibility index (Phi) is 5.58. The Hall–Kier alpha value is -3.40. The Morgan fingerprint density at radius 3 is 2.17 bits per heavy atom. The molecular formula is C31H34N2O2. The van der Waals surface area contributed by atoms with Crippen LogP contribution in [-0.4, -0.2) is 23.3 Å². The quantitative estimate of drug-likeness (QED) is 0.427. The monoisotopic (exact) mass is 466 g/mol. The normalized spacial score (nSPS) is 17.5. The fraction of sp³-hybridized carbons (Fsp3) is 0.355. The van der Waals surface area contributed by atoms with Crippen molar-refractivity contribution in [3.8, 4) is 0 Å². The average molecular weight is 467 g/mol. The van der Waals surface area contributed by atoms with Crippen LogP contribution < -0.4 is 4.90 Å². The standard InChI is InChI=1S/C31H34N2O2/c1-6-17-33-26-10-8-7-9-25(26)32-28(20-11-13-21(14-12-20)29(34)35)22-18-23-24(19-27(22)33)31(4,5)16-15-30(23,2)3/h7-14,18-19H,6,15-17H2,1-5H3,(H,34,35). The Balaban J connectivity index is 1.83. The maximum atomic E-state index is 11.5. The number of hydrogen-bond acceptors (Lipinski definition) is 3. The first-order chi connectivity index (χ1) is 16.6. The van der Waals surface area contributed by atoms with Crippen molar-refractivity contribution in [2.45, 2.75) is 64.7 Å². The minimum atomic E-state index is -0.919. The minimum Gasteiger partial charge on any atom is -0.478 e. The van der Waals surface area contributed by atoms with E-state index in [4.69, 9.17) is 4.99 Å². The van der Waals surface area contributed by atoms with Gasteiger partial charge in [-0.05, 0) is 77.6 Å². The first kappa shape index (κ1) is 23.3. The number of anilines is 2. The van der Waals surface area contributed by atoms with E-state index in [0.717, 1.165) is 54.0 Å². The van der Waals surface area contributed by atoms with Gasteiger partial charge in [-0.2, -0.15) is 0 Å². The van der Waals surface area contributed by atoms with Crippen LogP contribution in [0.5, 0.6) is 0 Å². The molecule has 2 aliphatic rings. The third-order valence-corrected chi connectivity index (χ3v) is 7.77. The van der Waals surface area contributed by atoms with E-state index in [2.05, 4.69) is 69.9 Å². The number of para-hydroxylation sites is 2. The summed E-state index contributed by atoms with van der Waals surface area (Å²) in [7, 11) is 0. The molecule has 0 saturated carbocycles. The number of aliphatic imine (C=N–C) groups is 1. The number of fused-ring (bicyclic) bond motifs is 3. The van der Waals surface area contributed by atoms with Crippen LogP contribution in [0.4, 0.5) is 17.1 Å². The van der Waals surface area contributed by atoms with Gasteiger partial charge in [-0.1, -0.05) is 58.9 Å². The Bertz CT molecular complexity index is 1330. The van der Waals surface area contributed by atoms with Crippen LogP contribution in [0.25, 0.3) is 0 Å². The molecule has 0 amide bonds. The smallest absolute Gasteiger partial charge is 0.335 e. The number of benzene rings is 3. The Morgan fingerprint density at radius 2 is 1.54 bits per heavy atom. The summed E-state index contributed by atoms with van der Waals surface area (Å²) in [5.41, 5.74) is 9.44. The maximum Gasteiger partial charge on any atom is 0.335 e. The fourth-order valence-electron chi connectivity index (χ4n) is 5.57. The lowest BCUT2D eigenvalue weighted by Crippen LogP contribution is -2.35. The third kappa shape index (κ3) is 3.95. The van der Waals surface area contributed by atoms with E-state index in [-0.39, 0.29) is 16.4 Å². The number of aromatic carboxylic acids is 1. The van der Waals surface area contributed by atoms with Crippen molar-refractivity contribution in [3.05, 3.63) is 88.5 Å². The molecule has 3 aromatic carbocycles. The van der Waals surface area contributed by atoms with Gasteiger partial charge in [0.2, 0.25) is 0 Å². The van der Waals surface area contributed by atoms with Crippen LogP contribution in [0, 0.1) is 0 Å². The van der Waals surface area contributed by atoms with Crippen LogP contribution in [0.2, 0.25) is 0 Å². The highest BCUT2D eigenvalue weighted by atomic mass is 16.4. The number of carbonyl (C=O) groups is 1. The van der Waals surface area contributed by atoms with Gasteiger partial charge in [0.05, 0.1) is 28.3 Å². The summed E-state index contributed by atoms with van der Waals surface area (Å²) < 4.78 is 0. The molecule has 0 radical (unpaired) electrons. The molecule has 4 heteroatoms. The predicted octanol–water partition coefficient (Wildman–Crippen LogP) is 7.76. The van der Waals surface area contributed by atoms with Gasteiger partial charge in [0.25, 0.3) is 0 Å². The molecule has 1 aliphatic carbocycles. The summed E-state index contributed by atoms with van der Waals surface area (Å²) in [6.45, 7) is 12.5. The molecule has 1 aliphatic heterocycles. The zero-order valence-corrected chi connectivity index (χ0v) is 21.4. The molecule has 0 saturated heterocycles. The topological polar surface area (TPSA) is 52.9 Å². The van der Waals surface area contributed by atoms with Gasteiger partial charge in [-0.25, -0.2) is 9.79 Å². The first-order valence-electron chi connectivity index (χ1n) is 12.6. The zero-order chi connectivity index (χ0) is 25.0. The molecular weight excluding hydrogens is 432 g/mol. The second-order valence-electron chi connectivity index (χ2n) is 11.2. The molecule has 3 aromatic rings. The molecule has 0 fully saturated rings. The molecule has 0 atom stereocenters. The van der Waals surface area contributed by atoms with Crippen LogP contribution in [0.3, 0.4) is 0 Å². The SMILES string of the molecule is CCCN1c2ccccc2N=C(c2ccc(C(=O)O)cc2)c2cc3c(cc21)C(C)(C)CCC3(C)C. The minimum absolute atomic E-state index is 0.0763. The molecule has 4 nitrogen and oxygen atoms in total. The van der Waals surface area contributed by atoms with Crippen molar-refractivity contribution in [1.29, 1.82) is 0 Å². The first-order valence-corrected chi connectivity index (χ1v) is 12.6. The second-order valence-corrected chi connectivity index (χ2v) is 11.2. The summed E-state index contributed by atoms with van der Waals surface area (Å²) in [4.78, 5) is 19.1. The fourth-order valence-corrected chi connectivity index (χ4v) is 5.57. The van der Waals surface area contributed by atoms with E-state index in [0.29, 0.717) is 0 Å². The molecule has 1 N–H and O–H groups in total. The van der Waals surface area contributed by atoms with Crippen LogP contribution in [-0.2, 0) is 10.8 Å². The molecule has 1 heterocycles. The van der Waals surface area contributed by atoms with E-state index in [9.17, 15) is 9.90 Å². The van der Waals surface area contributed by atoms with Gasteiger partial charge in [-0.3, -0.25) is 0 Å². The molecule has 5 rings (SSSR count). The van der Waals surface area contributed by atoms with Gasteiger partial charge >= 0.3 is 5.97 Å². The highest BCUT2D eigenvalue weighted by Crippen LogP contribution is 2.50. The number of rotatable bonds is 4. The van der Waals surface area contributed by atoms with Crippen molar-refractivity contribution in [1.82, 2.24) is 0 Å². The van der Waals surface area contributed by atoms with E-state index in [1.807, 2.05) is 18.2 Å². The van der Waals surface area contributed by atoms with E-state index < -0.39 is 5.97 Å². The van der Waals surface area contributed by atoms with E-state index >= 15 is 0 Å². The number of carboxylic acids is 1. The highest BCUT2D eigenvalue weighted by Gasteiger charge is 2.39. The number of hydrogen-bond donors (Lipinski definition) is 1.